The quantitative estimate of drug-likeness (QED) is 0.338. The van der Waals surface area contributed by atoms with Gasteiger partial charge < -0.3 is 4.74 Å². The number of esters is 1. The van der Waals surface area contributed by atoms with Gasteiger partial charge in [-0.25, -0.2) is 0 Å². The largest absolute Gasteiger partial charge is 0.466 e. The average Bonchev–Trinajstić information content (AvgIpc) is 2.85. The van der Waals surface area contributed by atoms with Gasteiger partial charge in [-0.15, -0.1) is 0 Å². The van der Waals surface area contributed by atoms with Crippen molar-refractivity contribution in [3.8, 4) is 0 Å². The van der Waals surface area contributed by atoms with Gasteiger partial charge >= 0.3 is 5.97 Å². The molecule has 1 aliphatic rings. The summed E-state index contributed by atoms with van der Waals surface area (Å²) in [5.74, 6) is -0.0659. The molecule has 27 heavy (non-hydrogen) atoms. The van der Waals surface area contributed by atoms with Crippen molar-refractivity contribution < 1.29 is 14.1 Å². The van der Waals surface area contributed by atoms with Crippen LogP contribution in [-0.4, -0.2) is 29.4 Å². The lowest BCUT2D eigenvalue weighted by molar-refractivity contribution is -0.439. The van der Waals surface area contributed by atoms with Gasteiger partial charge in [0.1, 0.15) is 6.54 Å². The second-order valence-electron chi connectivity index (χ2n) is 8.01. The second kappa shape index (κ2) is 8.24. The first-order valence-corrected chi connectivity index (χ1v) is 10.3. The van der Waals surface area contributed by atoms with E-state index >= 15 is 0 Å². The molecule has 1 heterocycles. The molecule has 3 nitrogen and oxygen atoms in total. The highest BCUT2D eigenvalue weighted by molar-refractivity contribution is 6.01. The Bertz CT molecular complexity index is 864. The maximum atomic E-state index is 11.4. The van der Waals surface area contributed by atoms with Gasteiger partial charge in [0.05, 0.1) is 12.0 Å². The highest BCUT2D eigenvalue weighted by Gasteiger charge is 2.43. The predicted molar refractivity (Wildman–Crippen MR) is 112 cm³/mol. The summed E-state index contributed by atoms with van der Waals surface area (Å²) >= 11 is 0. The number of rotatable bonds is 8. The van der Waals surface area contributed by atoms with Gasteiger partial charge in [0.2, 0.25) is 5.69 Å². The van der Waals surface area contributed by atoms with Crippen LogP contribution in [0.5, 0.6) is 0 Å². The Morgan fingerprint density at radius 3 is 2.56 bits per heavy atom. The van der Waals surface area contributed by atoms with Crippen LogP contribution in [-0.2, 0) is 14.9 Å². The fourth-order valence-corrected chi connectivity index (χ4v) is 4.25. The van der Waals surface area contributed by atoms with Gasteiger partial charge in [-0.3, -0.25) is 4.79 Å². The molecule has 3 heteroatoms. The van der Waals surface area contributed by atoms with Crippen molar-refractivity contribution in [3.05, 3.63) is 42.0 Å². The number of ether oxygens (including phenoxy) is 1. The van der Waals surface area contributed by atoms with E-state index in [4.69, 9.17) is 4.74 Å². The molecule has 0 aliphatic carbocycles. The number of hydrogen-bond acceptors (Lipinski definition) is 2. The first-order chi connectivity index (χ1) is 13.0. The minimum atomic E-state index is -0.0659. The third-order valence-electron chi connectivity index (χ3n) is 5.95. The van der Waals surface area contributed by atoms with E-state index in [1.54, 1.807) is 0 Å². The number of fused-ring (bicyclic) bond motifs is 3. The number of benzene rings is 2. The SMILES string of the molecule is CCOC(=O)CCCCCC[N+]1=C(C)C(C)(C)c2c1ccc1ccccc21. The van der Waals surface area contributed by atoms with Gasteiger partial charge in [-0.2, -0.15) is 4.58 Å². The molecule has 0 atom stereocenters. The van der Waals surface area contributed by atoms with E-state index in [1.807, 2.05) is 6.92 Å². The molecule has 3 rings (SSSR count). The predicted octanol–water partition coefficient (Wildman–Crippen LogP) is 5.75. The smallest absolute Gasteiger partial charge is 0.305 e. The zero-order valence-electron chi connectivity index (χ0n) is 17.2. The monoisotopic (exact) mass is 366 g/mol. The lowest BCUT2D eigenvalue weighted by atomic mass is 9.80. The Balaban J connectivity index is 1.66. The minimum Gasteiger partial charge on any atom is -0.466 e. The van der Waals surface area contributed by atoms with E-state index in [-0.39, 0.29) is 11.4 Å². The summed E-state index contributed by atoms with van der Waals surface area (Å²) in [5, 5.41) is 2.69. The van der Waals surface area contributed by atoms with Gasteiger partial charge in [0.15, 0.2) is 5.71 Å². The van der Waals surface area contributed by atoms with Crippen LogP contribution < -0.4 is 0 Å². The molecule has 0 saturated heterocycles. The van der Waals surface area contributed by atoms with Crippen LogP contribution in [0.25, 0.3) is 10.8 Å². The normalized spacial score (nSPS) is 15.3. The highest BCUT2D eigenvalue weighted by atomic mass is 16.5. The number of carbonyl (C=O) groups excluding carboxylic acids is 1. The summed E-state index contributed by atoms with van der Waals surface area (Å²) in [4.78, 5) is 11.4. The molecular weight excluding hydrogens is 334 g/mol. The molecule has 0 saturated carbocycles. The molecule has 2 aromatic carbocycles. The van der Waals surface area contributed by atoms with Crippen molar-refractivity contribution >= 4 is 28.1 Å². The third-order valence-corrected chi connectivity index (χ3v) is 5.95. The first kappa shape index (κ1) is 19.6. The van der Waals surface area contributed by atoms with Gasteiger partial charge in [0.25, 0.3) is 0 Å². The van der Waals surface area contributed by atoms with Crippen LogP contribution >= 0.6 is 0 Å². The molecular formula is C24H32NO2+. The fourth-order valence-electron chi connectivity index (χ4n) is 4.25. The zero-order valence-corrected chi connectivity index (χ0v) is 17.2. The number of nitrogens with zero attached hydrogens (tertiary/aromatic N) is 1. The van der Waals surface area contributed by atoms with E-state index in [9.17, 15) is 4.79 Å². The van der Waals surface area contributed by atoms with E-state index in [2.05, 4.69) is 61.7 Å². The van der Waals surface area contributed by atoms with E-state index < -0.39 is 0 Å². The minimum absolute atomic E-state index is 0.0557. The van der Waals surface area contributed by atoms with Crippen LogP contribution in [0, 0.1) is 0 Å². The summed E-state index contributed by atoms with van der Waals surface area (Å²) in [6.07, 6.45) is 4.84. The molecule has 0 unspecified atom stereocenters. The van der Waals surface area contributed by atoms with E-state index in [0.717, 1.165) is 32.2 Å². The molecule has 0 N–H and O–H groups in total. The van der Waals surface area contributed by atoms with Crippen LogP contribution in [0.2, 0.25) is 0 Å². The van der Waals surface area contributed by atoms with Crippen LogP contribution in [0.15, 0.2) is 36.4 Å². The Kier molecular flexibility index (Phi) is 5.98. The molecule has 1 aliphatic heterocycles. The topological polar surface area (TPSA) is 29.3 Å². The van der Waals surface area contributed by atoms with Crippen molar-refractivity contribution in [3.63, 3.8) is 0 Å². The summed E-state index contributed by atoms with van der Waals surface area (Å²) in [7, 11) is 0. The van der Waals surface area contributed by atoms with Crippen molar-refractivity contribution in [1.82, 2.24) is 0 Å². The summed E-state index contributed by atoms with van der Waals surface area (Å²) < 4.78 is 7.50. The Morgan fingerprint density at radius 2 is 1.78 bits per heavy atom. The number of unbranched alkanes of at least 4 members (excludes halogenated alkanes) is 3. The summed E-state index contributed by atoms with van der Waals surface area (Å²) in [5.41, 5.74) is 4.31. The van der Waals surface area contributed by atoms with Crippen LogP contribution in [0.1, 0.15) is 65.4 Å². The molecule has 0 radical (unpaired) electrons. The van der Waals surface area contributed by atoms with E-state index in [1.165, 1.54) is 27.7 Å². The van der Waals surface area contributed by atoms with E-state index in [0.29, 0.717) is 13.0 Å². The number of hydrogen-bond donors (Lipinski definition) is 0. The summed E-state index contributed by atoms with van der Waals surface area (Å²) in [6.45, 7) is 10.3. The molecule has 2 aromatic rings. The second-order valence-corrected chi connectivity index (χ2v) is 8.01. The fraction of sp³-hybridized carbons (Fsp3) is 0.500. The third kappa shape index (κ3) is 3.92. The Morgan fingerprint density at radius 1 is 1.04 bits per heavy atom. The van der Waals surface area contributed by atoms with Gasteiger partial charge in [-0.1, -0.05) is 30.7 Å². The lowest BCUT2D eigenvalue weighted by Gasteiger charge is -2.17. The molecule has 0 bridgehead atoms. The number of carbonyl (C=O) groups is 1. The van der Waals surface area contributed by atoms with Crippen molar-refractivity contribution in [2.45, 2.75) is 65.2 Å². The van der Waals surface area contributed by atoms with Crippen LogP contribution in [0.4, 0.5) is 5.69 Å². The zero-order chi connectivity index (χ0) is 19.4. The molecule has 0 fully saturated rings. The molecule has 0 spiro atoms. The molecule has 144 valence electrons. The van der Waals surface area contributed by atoms with Crippen molar-refractivity contribution in [1.29, 1.82) is 0 Å². The standard InChI is InChI=1S/C24H32NO2/c1-5-27-22(26)14-8-6-7-11-17-25-18(2)24(3,4)23-20-13-10-9-12-19(20)15-16-21(23)25/h9-10,12-13,15-16H,5-8,11,14,17H2,1-4H3/q+1. The Hall–Kier alpha value is -2.16. The van der Waals surface area contributed by atoms with Crippen molar-refractivity contribution in [2.24, 2.45) is 0 Å². The lowest BCUT2D eigenvalue weighted by Crippen LogP contribution is -2.26. The van der Waals surface area contributed by atoms with Gasteiger partial charge in [0, 0.05) is 31.4 Å². The average molecular weight is 367 g/mol. The van der Waals surface area contributed by atoms with Crippen LogP contribution in [0.3, 0.4) is 0 Å². The maximum Gasteiger partial charge on any atom is 0.305 e. The van der Waals surface area contributed by atoms with Crippen molar-refractivity contribution in [2.75, 3.05) is 13.2 Å². The molecule has 0 aromatic heterocycles. The summed E-state index contributed by atoms with van der Waals surface area (Å²) in [6, 6.07) is 13.2. The first-order valence-electron chi connectivity index (χ1n) is 10.3. The Labute approximate surface area is 163 Å². The molecule has 0 amide bonds. The maximum absolute atomic E-state index is 11.4. The highest BCUT2D eigenvalue weighted by Crippen LogP contribution is 2.43. The van der Waals surface area contributed by atoms with Gasteiger partial charge in [-0.05, 0) is 50.5 Å².